The molecule has 3 rings (SSSR count). The fraction of sp³-hybridized carbons (Fsp3) is 0. The van der Waals surface area contributed by atoms with E-state index in [0.717, 1.165) is 0 Å². The molecule has 84 valence electrons. The highest BCUT2D eigenvalue weighted by Crippen LogP contribution is 2.21. The second kappa shape index (κ2) is 3.48. The Morgan fingerprint density at radius 3 is 2.88 bits per heavy atom. The van der Waals surface area contributed by atoms with Gasteiger partial charge in [0.25, 0.3) is 0 Å². The number of nitrogens with zero attached hydrogens (tertiary/aromatic N) is 5. The standard InChI is InChI=1S/C10H7FN6/c11-7-1-3-13-5-6(7)9-16-15-8-2-4-14-10(12)17(8)9/h1-5H,(H2,12,14). The zero-order valence-corrected chi connectivity index (χ0v) is 8.58. The predicted molar refractivity (Wildman–Crippen MR) is 58.4 cm³/mol. The molecule has 0 spiro atoms. The molecule has 0 aliphatic carbocycles. The van der Waals surface area contributed by atoms with Crippen molar-refractivity contribution in [1.29, 1.82) is 0 Å². The smallest absolute Gasteiger partial charge is 0.207 e. The van der Waals surface area contributed by atoms with E-state index in [1.54, 1.807) is 6.07 Å². The summed E-state index contributed by atoms with van der Waals surface area (Å²) in [5.41, 5.74) is 6.46. The molecule has 7 heteroatoms. The Morgan fingerprint density at radius 1 is 1.18 bits per heavy atom. The first-order valence-electron chi connectivity index (χ1n) is 4.83. The van der Waals surface area contributed by atoms with Gasteiger partial charge in [-0.15, -0.1) is 10.2 Å². The van der Waals surface area contributed by atoms with Crippen molar-refractivity contribution in [3.63, 3.8) is 0 Å². The van der Waals surface area contributed by atoms with Crippen molar-refractivity contribution in [2.75, 3.05) is 5.73 Å². The molecule has 6 nitrogen and oxygen atoms in total. The Kier molecular flexibility index (Phi) is 1.97. The molecule has 0 saturated carbocycles. The Morgan fingerprint density at radius 2 is 2.06 bits per heavy atom. The van der Waals surface area contributed by atoms with Gasteiger partial charge in [-0.05, 0) is 6.07 Å². The molecular weight excluding hydrogens is 223 g/mol. The number of aromatic nitrogens is 5. The topological polar surface area (TPSA) is 82.0 Å². The summed E-state index contributed by atoms with van der Waals surface area (Å²) >= 11 is 0. The van der Waals surface area contributed by atoms with Crippen molar-refractivity contribution in [1.82, 2.24) is 24.6 Å². The fourth-order valence-electron chi connectivity index (χ4n) is 1.58. The van der Waals surface area contributed by atoms with Gasteiger partial charge in [-0.3, -0.25) is 4.98 Å². The van der Waals surface area contributed by atoms with Gasteiger partial charge in [-0.2, -0.15) is 0 Å². The molecule has 0 aromatic carbocycles. The third-order valence-corrected chi connectivity index (χ3v) is 2.36. The van der Waals surface area contributed by atoms with E-state index in [9.17, 15) is 4.39 Å². The van der Waals surface area contributed by atoms with Crippen LogP contribution in [-0.4, -0.2) is 24.6 Å². The summed E-state index contributed by atoms with van der Waals surface area (Å²) in [6.45, 7) is 0. The van der Waals surface area contributed by atoms with Crippen LogP contribution in [0.25, 0.3) is 17.0 Å². The van der Waals surface area contributed by atoms with Crippen molar-refractivity contribution < 1.29 is 4.39 Å². The zero-order valence-electron chi connectivity index (χ0n) is 8.58. The summed E-state index contributed by atoms with van der Waals surface area (Å²) in [5.74, 6) is 0.0551. The van der Waals surface area contributed by atoms with Crippen LogP contribution in [0.4, 0.5) is 10.3 Å². The summed E-state index contributed by atoms with van der Waals surface area (Å²) in [6.07, 6.45) is 4.25. The first-order chi connectivity index (χ1) is 8.27. The molecule has 0 aliphatic heterocycles. The Bertz CT molecular complexity index is 692. The van der Waals surface area contributed by atoms with E-state index in [-0.39, 0.29) is 17.3 Å². The van der Waals surface area contributed by atoms with E-state index in [1.165, 1.54) is 29.1 Å². The molecule has 0 radical (unpaired) electrons. The zero-order chi connectivity index (χ0) is 11.8. The van der Waals surface area contributed by atoms with Gasteiger partial charge < -0.3 is 5.73 Å². The Balaban J connectivity index is 2.36. The largest absolute Gasteiger partial charge is 0.369 e. The molecule has 0 fully saturated rings. The lowest BCUT2D eigenvalue weighted by Gasteiger charge is -2.02. The molecule has 0 unspecified atom stereocenters. The maximum absolute atomic E-state index is 13.6. The number of fused-ring (bicyclic) bond motifs is 1. The normalized spacial score (nSPS) is 10.9. The van der Waals surface area contributed by atoms with Crippen molar-refractivity contribution in [2.24, 2.45) is 0 Å². The molecule has 0 bridgehead atoms. The number of pyridine rings is 1. The van der Waals surface area contributed by atoms with Crippen molar-refractivity contribution >= 4 is 11.6 Å². The fourth-order valence-corrected chi connectivity index (χ4v) is 1.58. The van der Waals surface area contributed by atoms with Gasteiger partial charge >= 0.3 is 0 Å². The molecule has 0 atom stereocenters. The molecule has 3 aromatic heterocycles. The summed E-state index contributed by atoms with van der Waals surface area (Å²) < 4.78 is 15.1. The van der Waals surface area contributed by atoms with E-state index in [2.05, 4.69) is 20.2 Å². The molecule has 3 heterocycles. The maximum Gasteiger partial charge on any atom is 0.207 e. The minimum Gasteiger partial charge on any atom is -0.369 e. The average Bonchev–Trinajstić information content (AvgIpc) is 2.75. The van der Waals surface area contributed by atoms with Crippen LogP contribution in [0.2, 0.25) is 0 Å². The average molecular weight is 230 g/mol. The molecule has 0 amide bonds. The minimum absolute atomic E-state index is 0.200. The number of rotatable bonds is 1. The second-order valence-electron chi connectivity index (χ2n) is 3.38. The molecule has 3 aromatic rings. The second-order valence-corrected chi connectivity index (χ2v) is 3.38. The van der Waals surface area contributed by atoms with Gasteiger partial charge in [0.1, 0.15) is 5.82 Å². The number of anilines is 1. The summed E-state index contributed by atoms with van der Waals surface area (Å²) in [4.78, 5) is 7.77. The SMILES string of the molecule is Nc1nccc2nnc(-c3cnccc3F)n12. The van der Waals surface area contributed by atoms with E-state index < -0.39 is 5.82 Å². The number of hydrogen-bond acceptors (Lipinski definition) is 5. The predicted octanol–water partition coefficient (Wildman–Crippen LogP) is 0.908. The number of hydrogen-bond donors (Lipinski definition) is 1. The lowest BCUT2D eigenvalue weighted by molar-refractivity contribution is 0.627. The molecule has 0 saturated heterocycles. The van der Waals surface area contributed by atoms with Gasteiger partial charge in [0.15, 0.2) is 11.5 Å². The third-order valence-electron chi connectivity index (χ3n) is 2.36. The number of halogens is 1. The summed E-state index contributed by atoms with van der Waals surface area (Å²) in [6, 6.07) is 2.89. The Hall–Kier alpha value is -2.57. The van der Waals surface area contributed by atoms with Crippen LogP contribution in [0.1, 0.15) is 0 Å². The first kappa shape index (κ1) is 9.64. The quantitative estimate of drug-likeness (QED) is 0.671. The van der Waals surface area contributed by atoms with Gasteiger partial charge in [0, 0.05) is 24.7 Å². The summed E-state index contributed by atoms with van der Waals surface area (Å²) in [5, 5.41) is 7.80. The molecule has 0 aliphatic rings. The van der Waals surface area contributed by atoms with Crippen LogP contribution in [0.15, 0.2) is 30.7 Å². The van der Waals surface area contributed by atoms with Gasteiger partial charge in [0.05, 0.1) is 5.56 Å². The lowest BCUT2D eigenvalue weighted by atomic mass is 10.2. The lowest BCUT2D eigenvalue weighted by Crippen LogP contribution is -2.02. The van der Waals surface area contributed by atoms with Crippen molar-refractivity contribution in [3.05, 3.63) is 36.5 Å². The van der Waals surface area contributed by atoms with Gasteiger partial charge in [-0.1, -0.05) is 0 Å². The van der Waals surface area contributed by atoms with Crippen LogP contribution in [0.3, 0.4) is 0 Å². The van der Waals surface area contributed by atoms with Gasteiger partial charge in [-0.25, -0.2) is 13.8 Å². The third kappa shape index (κ3) is 1.40. The number of nitrogens with two attached hydrogens (primary N) is 1. The van der Waals surface area contributed by atoms with E-state index in [0.29, 0.717) is 5.65 Å². The highest BCUT2D eigenvalue weighted by molar-refractivity contribution is 5.61. The van der Waals surface area contributed by atoms with E-state index in [4.69, 9.17) is 5.73 Å². The monoisotopic (exact) mass is 230 g/mol. The Labute approximate surface area is 95.0 Å². The van der Waals surface area contributed by atoms with E-state index in [1.807, 2.05) is 0 Å². The van der Waals surface area contributed by atoms with Crippen molar-refractivity contribution in [2.45, 2.75) is 0 Å². The van der Waals surface area contributed by atoms with Crippen molar-refractivity contribution in [3.8, 4) is 11.4 Å². The van der Waals surface area contributed by atoms with E-state index >= 15 is 0 Å². The van der Waals surface area contributed by atoms with Crippen LogP contribution < -0.4 is 5.73 Å². The van der Waals surface area contributed by atoms with Crippen LogP contribution in [0.5, 0.6) is 0 Å². The highest BCUT2D eigenvalue weighted by Gasteiger charge is 2.14. The van der Waals surface area contributed by atoms with Gasteiger partial charge in [0.2, 0.25) is 5.95 Å². The van der Waals surface area contributed by atoms with Crippen LogP contribution >= 0.6 is 0 Å². The summed E-state index contributed by atoms with van der Waals surface area (Å²) in [7, 11) is 0. The first-order valence-corrected chi connectivity index (χ1v) is 4.83. The maximum atomic E-state index is 13.6. The van der Waals surface area contributed by atoms with Crippen LogP contribution in [0, 0.1) is 5.82 Å². The van der Waals surface area contributed by atoms with Crippen LogP contribution in [-0.2, 0) is 0 Å². The number of nitrogen functional groups attached to an aromatic ring is 1. The molecule has 2 N–H and O–H groups in total. The molecular formula is C10H7FN6. The molecule has 17 heavy (non-hydrogen) atoms. The highest BCUT2D eigenvalue weighted by atomic mass is 19.1. The minimum atomic E-state index is -0.433.